The van der Waals surface area contributed by atoms with Gasteiger partial charge in [0.2, 0.25) is 5.91 Å². The number of oxime groups is 1. The zero-order valence-electron chi connectivity index (χ0n) is 11.1. The molecule has 0 aliphatic heterocycles. The predicted octanol–water partition coefficient (Wildman–Crippen LogP) is 2.52. The fourth-order valence-corrected chi connectivity index (χ4v) is 2.02. The van der Waals surface area contributed by atoms with Crippen molar-refractivity contribution in [2.45, 2.75) is 19.8 Å². The highest BCUT2D eigenvalue weighted by Gasteiger charge is 2.13. The molecule has 0 saturated heterocycles. The second kappa shape index (κ2) is 7.97. The van der Waals surface area contributed by atoms with Crippen molar-refractivity contribution < 1.29 is 10.0 Å². The first-order valence-electron chi connectivity index (χ1n) is 6.16. The van der Waals surface area contributed by atoms with Crippen LogP contribution in [0.5, 0.6) is 0 Å². The van der Waals surface area contributed by atoms with E-state index >= 15 is 0 Å². The quantitative estimate of drug-likeness (QED) is 0.366. The summed E-state index contributed by atoms with van der Waals surface area (Å²) in [7, 11) is 0. The summed E-state index contributed by atoms with van der Waals surface area (Å²) >= 11 is 11.7. The van der Waals surface area contributed by atoms with Crippen molar-refractivity contribution in [2.24, 2.45) is 10.9 Å². The summed E-state index contributed by atoms with van der Waals surface area (Å²) in [5.74, 6) is 0.0578. The highest BCUT2D eigenvalue weighted by molar-refractivity contribution is 6.42. The Morgan fingerprint density at radius 1 is 1.40 bits per heavy atom. The Balaban J connectivity index is 2.64. The van der Waals surface area contributed by atoms with Gasteiger partial charge in [-0.3, -0.25) is 4.79 Å². The molecule has 0 unspecified atom stereocenters. The lowest BCUT2D eigenvalue weighted by atomic mass is 10.1. The Bertz CT molecular complexity index is 506. The SMILES string of the molecule is CCN(CCC(N)=NO)C(=O)Cc1ccc(Cl)c(Cl)c1. The van der Waals surface area contributed by atoms with E-state index in [1.165, 1.54) is 0 Å². The molecule has 0 spiro atoms. The van der Waals surface area contributed by atoms with Crippen LogP contribution in [0.15, 0.2) is 23.4 Å². The maximum absolute atomic E-state index is 12.1. The van der Waals surface area contributed by atoms with Crippen LogP contribution in [0.25, 0.3) is 0 Å². The number of nitrogens with two attached hydrogens (primary N) is 1. The van der Waals surface area contributed by atoms with Gasteiger partial charge in [0.05, 0.1) is 16.5 Å². The lowest BCUT2D eigenvalue weighted by Crippen LogP contribution is -2.35. The number of carbonyl (C=O) groups is 1. The van der Waals surface area contributed by atoms with Crippen LogP contribution < -0.4 is 5.73 Å². The first-order valence-corrected chi connectivity index (χ1v) is 6.91. The van der Waals surface area contributed by atoms with Gasteiger partial charge in [-0.25, -0.2) is 0 Å². The van der Waals surface area contributed by atoms with Crippen LogP contribution in [0, 0.1) is 0 Å². The summed E-state index contributed by atoms with van der Waals surface area (Å²) in [6.07, 6.45) is 0.568. The molecule has 7 heteroatoms. The lowest BCUT2D eigenvalue weighted by Gasteiger charge is -2.20. The number of halogens is 2. The van der Waals surface area contributed by atoms with Crippen LogP contribution >= 0.6 is 23.2 Å². The fraction of sp³-hybridized carbons (Fsp3) is 0.385. The molecule has 0 aromatic heterocycles. The first kappa shape index (κ1) is 16.6. The number of carbonyl (C=O) groups excluding carboxylic acids is 1. The van der Waals surface area contributed by atoms with Crippen LogP contribution in [0.4, 0.5) is 0 Å². The smallest absolute Gasteiger partial charge is 0.226 e. The monoisotopic (exact) mass is 317 g/mol. The van der Waals surface area contributed by atoms with Gasteiger partial charge < -0.3 is 15.8 Å². The van der Waals surface area contributed by atoms with Gasteiger partial charge >= 0.3 is 0 Å². The molecule has 0 radical (unpaired) electrons. The molecule has 1 aromatic rings. The molecule has 1 aromatic carbocycles. The Hall–Kier alpha value is -1.46. The van der Waals surface area contributed by atoms with E-state index in [9.17, 15) is 4.79 Å². The number of amides is 1. The average molecular weight is 318 g/mol. The lowest BCUT2D eigenvalue weighted by molar-refractivity contribution is -0.130. The predicted molar refractivity (Wildman–Crippen MR) is 80.4 cm³/mol. The second-order valence-corrected chi connectivity index (χ2v) is 5.05. The van der Waals surface area contributed by atoms with E-state index < -0.39 is 0 Å². The molecule has 20 heavy (non-hydrogen) atoms. The van der Waals surface area contributed by atoms with E-state index in [-0.39, 0.29) is 18.2 Å². The third-order valence-corrected chi connectivity index (χ3v) is 3.58. The van der Waals surface area contributed by atoms with Crippen LogP contribution in [0.1, 0.15) is 18.9 Å². The van der Waals surface area contributed by atoms with Crippen LogP contribution in [0.3, 0.4) is 0 Å². The third kappa shape index (κ3) is 4.90. The van der Waals surface area contributed by atoms with Crippen molar-refractivity contribution in [3.05, 3.63) is 33.8 Å². The van der Waals surface area contributed by atoms with Crippen LogP contribution in [-0.2, 0) is 11.2 Å². The largest absolute Gasteiger partial charge is 0.409 e. The zero-order valence-corrected chi connectivity index (χ0v) is 12.7. The van der Waals surface area contributed by atoms with Gasteiger partial charge in [0.25, 0.3) is 0 Å². The Labute approximate surface area is 127 Å². The van der Waals surface area contributed by atoms with Crippen molar-refractivity contribution in [3.8, 4) is 0 Å². The van der Waals surface area contributed by atoms with Gasteiger partial charge in [0.1, 0.15) is 5.84 Å². The molecule has 0 atom stereocenters. The van der Waals surface area contributed by atoms with Crippen molar-refractivity contribution in [1.82, 2.24) is 4.90 Å². The van der Waals surface area contributed by atoms with Crippen molar-refractivity contribution >= 4 is 34.9 Å². The van der Waals surface area contributed by atoms with E-state index in [1.807, 2.05) is 6.92 Å². The third-order valence-electron chi connectivity index (χ3n) is 2.84. The Morgan fingerprint density at radius 3 is 2.65 bits per heavy atom. The molecular weight excluding hydrogens is 301 g/mol. The van der Waals surface area contributed by atoms with E-state index in [2.05, 4.69) is 5.16 Å². The summed E-state index contributed by atoms with van der Waals surface area (Å²) in [6.45, 7) is 2.84. The molecule has 1 amide bonds. The number of amidine groups is 1. The number of benzene rings is 1. The highest BCUT2D eigenvalue weighted by atomic mass is 35.5. The van der Waals surface area contributed by atoms with E-state index in [0.29, 0.717) is 29.6 Å². The van der Waals surface area contributed by atoms with Crippen LogP contribution in [0.2, 0.25) is 10.0 Å². The minimum atomic E-state index is -0.0448. The second-order valence-electron chi connectivity index (χ2n) is 4.24. The van der Waals surface area contributed by atoms with E-state index in [0.717, 1.165) is 5.56 Å². The van der Waals surface area contributed by atoms with Gasteiger partial charge in [-0.05, 0) is 24.6 Å². The minimum Gasteiger partial charge on any atom is -0.409 e. The molecule has 0 bridgehead atoms. The van der Waals surface area contributed by atoms with Crippen molar-refractivity contribution in [2.75, 3.05) is 13.1 Å². The highest BCUT2D eigenvalue weighted by Crippen LogP contribution is 2.23. The molecule has 1 rings (SSSR count). The summed E-state index contributed by atoms with van der Waals surface area (Å²) in [5.41, 5.74) is 6.19. The Kier molecular flexibility index (Phi) is 6.61. The van der Waals surface area contributed by atoms with Gasteiger partial charge in [-0.2, -0.15) is 0 Å². The van der Waals surface area contributed by atoms with Gasteiger partial charge in [-0.1, -0.05) is 34.4 Å². The topological polar surface area (TPSA) is 78.9 Å². The Morgan fingerprint density at radius 2 is 2.10 bits per heavy atom. The van der Waals surface area contributed by atoms with Gasteiger partial charge in [0.15, 0.2) is 0 Å². The molecule has 0 saturated carbocycles. The molecule has 0 heterocycles. The summed E-state index contributed by atoms with van der Waals surface area (Å²) < 4.78 is 0. The molecule has 5 nitrogen and oxygen atoms in total. The first-order chi connectivity index (χ1) is 9.47. The van der Waals surface area contributed by atoms with Crippen molar-refractivity contribution in [3.63, 3.8) is 0 Å². The molecular formula is C13H17Cl2N3O2. The maximum Gasteiger partial charge on any atom is 0.226 e. The minimum absolute atomic E-state index is 0.0448. The molecule has 0 fully saturated rings. The fourth-order valence-electron chi connectivity index (χ4n) is 1.69. The normalized spacial score (nSPS) is 11.4. The number of rotatable bonds is 6. The molecule has 110 valence electrons. The average Bonchev–Trinajstić information content (AvgIpc) is 2.43. The summed E-state index contributed by atoms with van der Waals surface area (Å²) in [5, 5.41) is 12.3. The number of hydrogen-bond donors (Lipinski definition) is 2. The maximum atomic E-state index is 12.1. The summed E-state index contributed by atoms with van der Waals surface area (Å²) in [4.78, 5) is 13.8. The molecule has 0 aliphatic carbocycles. The van der Waals surface area contributed by atoms with Gasteiger partial charge in [0, 0.05) is 19.5 Å². The number of likely N-dealkylation sites (N-methyl/N-ethyl adjacent to an activating group) is 1. The van der Waals surface area contributed by atoms with E-state index in [4.69, 9.17) is 34.1 Å². The molecule has 0 aliphatic rings. The molecule has 3 N–H and O–H groups in total. The van der Waals surface area contributed by atoms with Gasteiger partial charge in [-0.15, -0.1) is 0 Å². The van der Waals surface area contributed by atoms with E-state index in [1.54, 1.807) is 23.1 Å². The summed E-state index contributed by atoms with van der Waals surface area (Å²) in [6, 6.07) is 5.11. The number of nitrogens with zero attached hydrogens (tertiary/aromatic N) is 2. The van der Waals surface area contributed by atoms with Crippen LogP contribution in [-0.4, -0.2) is 34.9 Å². The standard InChI is InChI=1S/C13H17Cl2N3O2/c1-2-18(6-5-12(16)17-20)13(19)8-9-3-4-10(14)11(15)7-9/h3-4,7,20H,2,5-6,8H2,1H3,(H2,16,17). The number of hydrogen-bond acceptors (Lipinski definition) is 3. The van der Waals surface area contributed by atoms with Crippen molar-refractivity contribution in [1.29, 1.82) is 0 Å². The zero-order chi connectivity index (χ0) is 15.1.